The molecular weight excluding hydrogens is 420 g/mol. The van der Waals surface area contributed by atoms with Crippen LogP contribution in [0.25, 0.3) is 0 Å². The van der Waals surface area contributed by atoms with Crippen LogP contribution in [0, 0.1) is 27.7 Å². The molecule has 0 bridgehead atoms. The van der Waals surface area contributed by atoms with E-state index in [9.17, 15) is 9.59 Å². The van der Waals surface area contributed by atoms with Gasteiger partial charge in [-0.2, -0.15) is 0 Å². The van der Waals surface area contributed by atoms with Gasteiger partial charge in [0.2, 0.25) is 10.9 Å². The quantitative estimate of drug-likeness (QED) is 0.270. The van der Waals surface area contributed by atoms with Gasteiger partial charge in [0.25, 0.3) is 11.8 Å². The molecule has 8 heteroatoms. The average Bonchev–Trinajstić information content (AvgIpc) is 2.71. The van der Waals surface area contributed by atoms with Crippen LogP contribution in [-0.2, 0) is 9.59 Å². The SMILES string of the molecule is Cc1cccc(OC(S)C(=O)NCCNC(=O)C(S)Oc2cccc(C)c2C)c1C. The molecule has 0 aromatic heterocycles. The van der Waals surface area contributed by atoms with Gasteiger partial charge in [0, 0.05) is 13.1 Å². The molecule has 162 valence electrons. The van der Waals surface area contributed by atoms with Crippen LogP contribution in [0.3, 0.4) is 0 Å². The minimum atomic E-state index is -0.952. The first kappa shape index (κ1) is 24.0. The number of nitrogens with one attached hydrogen (secondary N) is 2. The summed E-state index contributed by atoms with van der Waals surface area (Å²) in [4.78, 5) is 24.3. The minimum absolute atomic E-state index is 0.224. The van der Waals surface area contributed by atoms with E-state index in [1.807, 2.05) is 52.0 Å². The first-order chi connectivity index (χ1) is 14.2. The van der Waals surface area contributed by atoms with E-state index in [-0.39, 0.29) is 24.9 Å². The van der Waals surface area contributed by atoms with E-state index in [0.29, 0.717) is 11.5 Å². The van der Waals surface area contributed by atoms with Gasteiger partial charge in [-0.25, -0.2) is 0 Å². The number of thiol groups is 2. The fourth-order valence-corrected chi connectivity index (χ4v) is 3.01. The molecule has 0 aliphatic heterocycles. The Balaban J connectivity index is 1.74. The van der Waals surface area contributed by atoms with Gasteiger partial charge >= 0.3 is 0 Å². The van der Waals surface area contributed by atoms with Crippen LogP contribution >= 0.6 is 25.3 Å². The third-order valence-electron chi connectivity index (χ3n) is 4.76. The van der Waals surface area contributed by atoms with Crippen molar-refractivity contribution in [3.8, 4) is 11.5 Å². The normalized spacial score (nSPS) is 12.6. The zero-order valence-corrected chi connectivity index (χ0v) is 19.3. The minimum Gasteiger partial charge on any atom is -0.470 e. The number of carbonyl (C=O) groups is 2. The van der Waals surface area contributed by atoms with E-state index in [2.05, 4.69) is 35.9 Å². The maximum absolute atomic E-state index is 12.2. The first-order valence-electron chi connectivity index (χ1n) is 9.58. The third-order valence-corrected chi connectivity index (χ3v) is 5.44. The predicted octanol–water partition coefficient (Wildman–Crippen LogP) is 3.12. The summed E-state index contributed by atoms with van der Waals surface area (Å²) < 4.78 is 11.2. The lowest BCUT2D eigenvalue weighted by molar-refractivity contribution is -0.126. The molecule has 2 atom stereocenters. The Labute approximate surface area is 188 Å². The van der Waals surface area contributed by atoms with Crippen LogP contribution in [0.15, 0.2) is 36.4 Å². The molecule has 0 heterocycles. The molecule has 2 aromatic rings. The van der Waals surface area contributed by atoms with Crippen molar-refractivity contribution in [3.05, 3.63) is 58.7 Å². The van der Waals surface area contributed by atoms with Crippen LogP contribution in [0.5, 0.6) is 11.5 Å². The zero-order valence-electron chi connectivity index (χ0n) is 17.6. The fraction of sp³-hybridized carbons (Fsp3) is 0.364. The number of ether oxygens (including phenoxy) is 2. The van der Waals surface area contributed by atoms with Crippen molar-refractivity contribution in [3.63, 3.8) is 0 Å². The largest absolute Gasteiger partial charge is 0.470 e. The Bertz CT molecular complexity index is 831. The Morgan fingerprint density at radius 2 is 1.13 bits per heavy atom. The highest BCUT2D eigenvalue weighted by Crippen LogP contribution is 2.23. The summed E-state index contributed by atoms with van der Waals surface area (Å²) >= 11 is 8.43. The smallest absolute Gasteiger partial charge is 0.271 e. The van der Waals surface area contributed by atoms with Gasteiger partial charge in [0.15, 0.2) is 0 Å². The van der Waals surface area contributed by atoms with Crippen LogP contribution in [-0.4, -0.2) is 35.8 Å². The topological polar surface area (TPSA) is 76.7 Å². The van der Waals surface area contributed by atoms with Gasteiger partial charge in [-0.05, 0) is 62.1 Å². The number of carbonyl (C=O) groups excluding carboxylic acids is 2. The van der Waals surface area contributed by atoms with Crippen molar-refractivity contribution >= 4 is 37.1 Å². The summed E-state index contributed by atoms with van der Waals surface area (Å²) in [6.07, 6.45) is 0. The van der Waals surface area contributed by atoms with E-state index in [1.54, 1.807) is 12.1 Å². The third kappa shape index (κ3) is 6.60. The molecule has 2 N–H and O–H groups in total. The lowest BCUT2D eigenvalue weighted by atomic mass is 10.1. The molecule has 0 radical (unpaired) electrons. The van der Waals surface area contributed by atoms with Crippen molar-refractivity contribution in [1.29, 1.82) is 0 Å². The Morgan fingerprint density at radius 1 is 0.767 bits per heavy atom. The number of hydrogen-bond acceptors (Lipinski definition) is 6. The molecule has 2 aromatic carbocycles. The van der Waals surface area contributed by atoms with Gasteiger partial charge in [0.1, 0.15) is 11.5 Å². The molecule has 6 nitrogen and oxygen atoms in total. The summed E-state index contributed by atoms with van der Waals surface area (Å²) in [7, 11) is 0. The zero-order chi connectivity index (χ0) is 22.3. The second-order valence-electron chi connectivity index (χ2n) is 6.92. The first-order valence-corrected chi connectivity index (χ1v) is 10.6. The number of benzene rings is 2. The van der Waals surface area contributed by atoms with E-state index < -0.39 is 10.9 Å². The molecule has 0 saturated heterocycles. The van der Waals surface area contributed by atoms with Crippen molar-refractivity contribution in [2.75, 3.05) is 13.1 Å². The Kier molecular flexibility index (Phi) is 8.92. The van der Waals surface area contributed by atoms with E-state index in [4.69, 9.17) is 9.47 Å². The monoisotopic (exact) mass is 448 g/mol. The molecule has 0 saturated carbocycles. The lowest BCUT2D eigenvalue weighted by Gasteiger charge is -2.18. The molecule has 2 amide bonds. The second kappa shape index (κ2) is 11.2. The van der Waals surface area contributed by atoms with E-state index >= 15 is 0 Å². The van der Waals surface area contributed by atoms with Crippen LogP contribution < -0.4 is 20.1 Å². The maximum atomic E-state index is 12.2. The predicted molar refractivity (Wildman–Crippen MR) is 125 cm³/mol. The van der Waals surface area contributed by atoms with Crippen molar-refractivity contribution in [2.45, 2.75) is 38.6 Å². The summed E-state index contributed by atoms with van der Waals surface area (Å²) in [6, 6.07) is 11.2. The summed E-state index contributed by atoms with van der Waals surface area (Å²) in [5.41, 5.74) is 2.15. The Morgan fingerprint density at radius 3 is 1.50 bits per heavy atom. The molecule has 2 rings (SSSR count). The second-order valence-corrected chi connectivity index (χ2v) is 7.86. The molecule has 0 aliphatic carbocycles. The maximum Gasteiger partial charge on any atom is 0.271 e. The van der Waals surface area contributed by atoms with Crippen LogP contribution in [0.1, 0.15) is 22.3 Å². The van der Waals surface area contributed by atoms with Gasteiger partial charge in [0.05, 0.1) is 0 Å². The van der Waals surface area contributed by atoms with E-state index in [0.717, 1.165) is 22.3 Å². The lowest BCUT2D eigenvalue weighted by Crippen LogP contribution is -2.42. The van der Waals surface area contributed by atoms with Crippen LogP contribution in [0.4, 0.5) is 0 Å². The van der Waals surface area contributed by atoms with Crippen molar-refractivity contribution < 1.29 is 19.1 Å². The van der Waals surface area contributed by atoms with Gasteiger partial charge < -0.3 is 20.1 Å². The highest BCUT2D eigenvalue weighted by Gasteiger charge is 2.18. The van der Waals surface area contributed by atoms with Crippen molar-refractivity contribution in [2.24, 2.45) is 0 Å². The van der Waals surface area contributed by atoms with Gasteiger partial charge in [-0.1, -0.05) is 24.3 Å². The summed E-state index contributed by atoms with van der Waals surface area (Å²) in [6.45, 7) is 8.23. The number of rotatable bonds is 9. The van der Waals surface area contributed by atoms with E-state index in [1.165, 1.54) is 0 Å². The number of amides is 2. The highest BCUT2D eigenvalue weighted by molar-refractivity contribution is 7.81. The average molecular weight is 449 g/mol. The molecule has 0 aliphatic rings. The van der Waals surface area contributed by atoms with Crippen LogP contribution in [0.2, 0.25) is 0 Å². The summed E-state index contributed by atoms with van der Waals surface area (Å²) in [5.74, 6) is 0.449. The summed E-state index contributed by atoms with van der Waals surface area (Å²) in [5, 5.41) is 5.35. The van der Waals surface area contributed by atoms with Gasteiger partial charge in [-0.15, -0.1) is 25.3 Å². The molecular formula is C22H28N2O4S2. The highest BCUT2D eigenvalue weighted by atomic mass is 32.1. The number of aryl methyl sites for hydroxylation is 2. The fourth-order valence-electron chi connectivity index (χ4n) is 2.60. The number of hydrogen-bond donors (Lipinski definition) is 4. The Hall–Kier alpha value is -2.32. The molecule has 30 heavy (non-hydrogen) atoms. The molecule has 0 fully saturated rings. The van der Waals surface area contributed by atoms with Gasteiger partial charge in [-0.3, -0.25) is 9.59 Å². The standard InChI is InChI=1S/C22H28N2O4S2/c1-13-7-5-9-17(15(13)3)27-21(29)19(25)23-11-12-24-20(26)22(30)28-18-10-6-8-14(2)16(18)4/h5-10,21-22,29-30H,11-12H2,1-4H3,(H,23,25)(H,24,26). The van der Waals surface area contributed by atoms with Crippen molar-refractivity contribution in [1.82, 2.24) is 10.6 Å². The molecule has 2 unspecified atom stereocenters. The molecule has 0 spiro atoms.